The van der Waals surface area contributed by atoms with Gasteiger partial charge in [-0.3, -0.25) is 9.36 Å². The van der Waals surface area contributed by atoms with Crippen LogP contribution in [0.3, 0.4) is 0 Å². The van der Waals surface area contributed by atoms with E-state index in [0.717, 1.165) is 25.7 Å². The van der Waals surface area contributed by atoms with Crippen molar-refractivity contribution in [1.29, 1.82) is 0 Å². The lowest BCUT2D eigenvalue weighted by atomic mass is 10.2. The predicted molar refractivity (Wildman–Crippen MR) is 88.8 cm³/mol. The second-order valence-electron chi connectivity index (χ2n) is 5.92. The molecule has 0 radical (unpaired) electrons. The maximum atomic E-state index is 14.0. The zero-order valence-corrected chi connectivity index (χ0v) is 12.9. The molecule has 1 saturated carbocycles. The third kappa shape index (κ3) is 2.62. The summed E-state index contributed by atoms with van der Waals surface area (Å²) < 4.78 is 15.5. The van der Waals surface area contributed by atoms with Crippen molar-refractivity contribution in [2.45, 2.75) is 31.7 Å². The molecule has 122 valence electrons. The first-order valence-electron chi connectivity index (χ1n) is 7.98. The summed E-state index contributed by atoms with van der Waals surface area (Å²) in [6.45, 7) is 0. The molecular formula is C17H16FN5O. The molecule has 7 heteroatoms. The molecule has 0 unspecified atom stereocenters. The van der Waals surface area contributed by atoms with Crippen LogP contribution in [0, 0.1) is 5.82 Å². The Kier molecular flexibility index (Phi) is 3.68. The fraction of sp³-hybridized carbons (Fsp3) is 0.294. The molecule has 1 aliphatic rings. The molecule has 24 heavy (non-hydrogen) atoms. The number of fused-ring (bicyclic) bond motifs is 1. The van der Waals surface area contributed by atoms with Crippen LogP contribution in [0.1, 0.15) is 31.7 Å². The standard InChI is InChI=1S/C17H16FN5O/c18-13-9-11-10-20-17(21-14-7-3-4-8-19-14)22-15(11)23(16(13)24)12-5-1-2-6-12/h3-4,7-10,12H,1-2,5-6H2,(H,19,20,21,22). The van der Waals surface area contributed by atoms with Crippen LogP contribution in [0.5, 0.6) is 0 Å². The molecule has 0 aromatic carbocycles. The molecule has 0 bridgehead atoms. The molecule has 3 aromatic heterocycles. The summed E-state index contributed by atoms with van der Waals surface area (Å²) in [5.74, 6) is 0.177. The number of hydrogen-bond donors (Lipinski definition) is 1. The Morgan fingerprint density at radius 2 is 2.04 bits per heavy atom. The van der Waals surface area contributed by atoms with Crippen molar-refractivity contribution in [3.8, 4) is 0 Å². The van der Waals surface area contributed by atoms with Crippen LogP contribution < -0.4 is 10.9 Å². The summed E-state index contributed by atoms with van der Waals surface area (Å²) in [6.07, 6.45) is 7.00. The Balaban J connectivity index is 1.84. The molecule has 0 saturated heterocycles. The average Bonchev–Trinajstić information content (AvgIpc) is 3.11. The van der Waals surface area contributed by atoms with E-state index in [9.17, 15) is 9.18 Å². The lowest BCUT2D eigenvalue weighted by molar-refractivity contribution is 0.489. The van der Waals surface area contributed by atoms with Crippen LogP contribution in [0.25, 0.3) is 11.0 Å². The molecule has 6 nitrogen and oxygen atoms in total. The number of rotatable bonds is 3. The highest BCUT2D eigenvalue weighted by molar-refractivity contribution is 5.75. The van der Waals surface area contributed by atoms with Crippen LogP contribution in [-0.4, -0.2) is 19.5 Å². The fourth-order valence-electron chi connectivity index (χ4n) is 3.20. The molecule has 4 rings (SSSR count). The molecule has 3 heterocycles. The first-order valence-corrected chi connectivity index (χ1v) is 7.98. The third-order valence-corrected chi connectivity index (χ3v) is 4.32. The van der Waals surface area contributed by atoms with Gasteiger partial charge in [0.15, 0.2) is 5.82 Å². The molecule has 1 aliphatic carbocycles. The molecule has 3 aromatic rings. The first-order chi connectivity index (χ1) is 11.7. The monoisotopic (exact) mass is 325 g/mol. The second-order valence-corrected chi connectivity index (χ2v) is 5.92. The van der Waals surface area contributed by atoms with Crippen molar-refractivity contribution >= 4 is 22.8 Å². The van der Waals surface area contributed by atoms with Gasteiger partial charge in [0.25, 0.3) is 5.56 Å². The Morgan fingerprint density at radius 3 is 2.79 bits per heavy atom. The van der Waals surface area contributed by atoms with E-state index in [2.05, 4.69) is 20.3 Å². The highest BCUT2D eigenvalue weighted by Crippen LogP contribution is 2.30. The van der Waals surface area contributed by atoms with E-state index in [1.807, 2.05) is 12.1 Å². The highest BCUT2D eigenvalue weighted by Gasteiger charge is 2.22. The zero-order valence-electron chi connectivity index (χ0n) is 12.9. The van der Waals surface area contributed by atoms with Crippen LogP contribution in [0.4, 0.5) is 16.2 Å². The van der Waals surface area contributed by atoms with Crippen LogP contribution in [-0.2, 0) is 0 Å². The molecule has 0 atom stereocenters. The Hall–Kier alpha value is -2.83. The van der Waals surface area contributed by atoms with E-state index < -0.39 is 11.4 Å². The van der Waals surface area contributed by atoms with Crippen LogP contribution in [0.15, 0.2) is 41.5 Å². The smallest absolute Gasteiger partial charge is 0.288 e. The minimum absolute atomic E-state index is 0.00620. The summed E-state index contributed by atoms with van der Waals surface area (Å²) >= 11 is 0. The SMILES string of the molecule is O=c1c(F)cc2cnc(Nc3ccccn3)nc2n1C1CCCC1. The summed E-state index contributed by atoms with van der Waals surface area (Å²) in [5, 5.41) is 3.52. The van der Waals surface area contributed by atoms with Gasteiger partial charge in [-0.1, -0.05) is 18.9 Å². The van der Waals surface area contributed by atoms with Crippen LogP contribution in [0.2, 0.25) is 0 Å². The summed E-state index contributed by atoms with van der Waals surface area (Å²) in [6, 6.07) is 6.65. The van der Waals surface area contributed by atoms with Gasteiger partial charge in [-0.2, -0.15) is 4.98 Å². The highest BCUT2D eigenvalue weighted by atomic mass is 19.1. The quantitative estimate of drug-likeness (QED) is 0.800. The van der Waals surface area contributed by atoms with Gasteiger partial charge >= 0.3 is 0 Å². The Labute approximate surface area is 137 Å². The molecule has 0 spiro atoms. The van der Waals surface area contributed by atoms with E-state index in [0.29, 0.717) is 22.8 Å². The maximum absolute atomic E-state index is 14.0. The maximum Gasteiger partial charge on any atom is 0.288 e. The van der Waals surface area contributed by atoms with E-state index in [1.54, 1.807) is 12.3 Å². The van der Waals surface area contributed by atoms with Gasteiger partial charge < -0.3 is 5.32 Å². The van der Waals surface area contributed by atoms with Crippen molar-refractivity contribution in [3.05, 3.63) is 52.8 Å². The van der Waals surface area contributed by atoms with Gasteiger partial charge in [0.1, 0.15) is 11.5 Å². The lowest BCUT2D eigenvalue weighted by Crippen LogP contribution is -2.27. The van der Waals surface area contributed by atoms with Crippen molar-refractivity contribution in [2.24, 2.45) is 0 Å². The summed E-state index contributed by atoms with van der Waals surface area (Å²) in [5.41, 5.74) is -0.154. The average molecular weight is 325 g/mol. The molecule has 0 amide bonds. The first kappa shape index (κ1) is 14.7. The Morgan fingerprint density at radius 1 is 1.21 bits per heavy atom. The van der Waals surface area contributed by atoms with Crippen molar-refractivity contribution < 1.29 is 4.39 Å². The normalized spacial score (nSPS) is 15.0. The van der Waals surface area contributed by atoms with Gasteiger partial charge in [0, 0.05) is 23.8 Å². The van der Waals surface area contributed by atoms with E-state index in [-0.39, 0.29) is 6.04 Å². The van der Waals surface area contributed by atoms with Gasteiger partial charge in [-0.05, 0) is 31.0 Å². The largest absolute Gasteiger partial charge is 0.309 e. The van der Waals surface area contributed by atoms with Gasteiger partial charge in [0.2, 0.25) is 5.95 Å². The van der Waals surface area contributed by atoms with Crippen molar-refractivity contribution in [2.75, 3.05) is 5.32 Å². The summed E-state index contributed by atoms with van der Waals surface area (Å²) in [4.78, 5) is 25.1. The minimum atomic E-state index is -0.761. The van der Waals surface area contributed by atoms with E-state index in [1.165, 1.54) is 16.8 Å². The van der Waals surface area contributed by atoms with Gasteiger partial charge in [0.05, 0.1) is 0 Å². The lowest BCUT2D eigenvalue weighted by Gasteiger charge is -2.16. The topological polar surface area (TPSA) is 72.7 Å². The number of pyridine rings is 2. The van der Waals surface area contributed by atoms with Gasteiger partial charge in [-0.15, -0.1) is 0 Å². The van der Waals surface area contributed by atoms with Crippen molar-refractivity contribution in [1.82, 2.24) is 19.5 Å². The predicted octanol–water partition coefficient (Wildman–Crippen LogP) is 3.18. The zero-order chi connectivity index (χ0) is 16.5. The molecule has 1 N–H and O–H groups in total. The number of nitrogens with one attached hydrogen (secondary N) is 1. The number of aromatic nitrogens is 4. The van der Waals surface area contributed by atoms with E-state index >= 15 is 0 Å². The molecule has 0 aliphatic heterocycles. The second kappa shape index (κ2) is 5.99. The third-order valence-electron chi connectivity index (χ3n) is 4.32. The van der Waals surface area contributed by atoms with E-state index in [4.69, 9.17) is 0 Å². The van der Waals surface area contributed by atoms with Crippen molar-refractivity contribution in [3.63, 3.8) is 0 Å². The van der Waals surface area contributed by atoms with Crippen LogP contribution >= 0.6 is 0 Å². The minimum Gasteiger partial charge on any atom is -0.309 e. The van der Waals surface area contributed by atoms with Gasteiger partial charge in [-0.25, -0.2) is 14.4 Å². The number of anilines is 2. The Bertz CT molecular complexity index is 935. The molecule has 1 fully saturated rings. The number of halogens is 1. The number of nitrogens with zero attached hydrogens (tertiary/aromatic N) is 4. The molecular weight excluding hydrogens is 309 g/mol. The number of hydrogen-bond acceptors (Lipinski definition) is 5. The fourth-order valence-corrected chi connectivity index (χ4v) is 3.20. The summed E-state index contributed by atoms with van der Waals surface area (Å²) in [7, 11) is 0.